The van der Waals surface area contributed by atoms with Crippen LogP contribution in [-0.2, 0) is 13.6 Å². The highest BCUT2D eigenvalue weighted by Gasteiger charge is 2.14. The standard InChI is InChI=1S/C19H16BrN3O2/c1-22-17-7-6-14(25-2)9-15(17)16-10-21-23(19(24)18(16)22)11-12-4-3-5-13(20)8-12/h3-10H,11H2,1-2H3. The van der Waals surface area contributed by atoms with E-state index in [9.17, 15) is 4.79 Å². The summed E-state index contributed by atoms with van der Waals surface area (Å²) in [7, 11) is 3.54. The number of hydrogen-bond acceptors (Lipinski definition) is 3. The van der Waals surface area contributed by atoms with Crippen LogP contribution in [0.15, 0.2) is 57.9 Å². The van der Waals surface area contributed by atoms with Crippen LogP contribution in [0.25, 0.3) is 21.8 Å². The first-order chi connectivity index (χ1) is 12.1. The van der Waals surface area contributed by atoms with Crippen molar-refractivity contribution >= 4 is 37.7 Å². The first-order valence-electron chi connectivity index (χ1n) is 7.85. The minimum atomic E-state index is -0.102. The lowest BCUT2D eigenvalue weighted by molar-refractivity contribution is 0.415. The van der Waals surface area contributed by atoms with E-state index in [2.05, 4.69) is 21.0 Å². The molecule has 4 rings (SSSR count). The summed E-state index contributed by atoms with van der Waals surface area (Å²) in [6, 6.07) is 13.7. The second-order valence-corrected chi connectivity index (χ2v) is 6.86. The second-order valence-electron chi connectivity index (χ2n) is 5.94. The van der Waals surface area contributed by atoms with Crippen LogP contribution >= 0.6 is 15.9 Å². The Balaban J connectivity index is 1.92. The predicted molar refractivity (Wildman–Crippen MR) is 102 cm³/mol. The molecule has 5 nitrogen and oxygen atoms in total. The van der Waals surface area contributed by atoms with E-state index in [-0.39, 0.29) is 5.56 Å². The quantitative estimate of drug-likeness (QED) is 0.529. The molecule has 0 aliphatic rings. The van der Waals surface area contributed by atoms with Crippen LogP contribution in [0.2, 0.25) is 0 Å². The Hall–Kier alpha value is -2.60. The first-order valence-corrected chi connectivity index (χ1v) is 8.64. The number of ether oxygens (including phenoxy) is 1. The third-order valence-corrected chi connectivity index (χ3v) is 4.92. The highest BCUT2D eigenvalue weighted by atomic mass is 79.9. The van der Waals surface area contributed by atoms with E-state index in [0.717, 1.165) is 32.1 Å². The summed E-state index contributed by atoms with van der Waals surface area (Å²) in [6.45, 7) is 0.430. The Labute approximate surface area is 152 Å². The van der Waals surface area contributed by atoms with Gasteiger partial charge < -0.3 is 9.30 Å². The monoisotopic (exact) mass is 397 g/mol. The molecule has 0 saturated carbocycles. The molecular weight excluding hydrogens is 382 g/mol. The minimum absolute atomic E-state index is 0.102. The second kappa shape index (κ2) is 6.04. The van der Waals surface area contributed by atoms with Gasteiger partial charge in [0, 0.05) is 27.8 Å². The molecular formula is C19H16BrN3O2. The molecule has 2 heterocycles. The minimum Gasteiger partial charge on any atom is -0.497 e. The molecule has 0 bridgehead atoms. The van der Waals surface area contributed by atoms with Crippen molar-refractivity contribution in [1.29, 1.82) is 0 Å². The molecule has 0 saturated heterocycles. The summed E-state index contributed by atoms with van der Waals surface area (Å²) in [6.07, 6.45) is 1.76. The Bertz CT molecular complexity index is 1160. The Morgan fingerprint density at radius 3 is 2.76 bits per heavy atom. The molecule has 0 unspecified atom stereocenters. The van der Waals surface area contributed by atoms with Gasteiger partial charge in [-0.2, -0.15) is 5.10 Å². The molecule has 0 radical (unpaired) electrons. The number of hydrogen-bond donors (Lipinski definition) is 0. The number of rotatable bonds is 3. The number of aromatic nitrogens is 3. The number of nitrogens with zero attached hydrogens (tertiary/aromatic N) is 3. The highest BCUT2D eigenvalue weighted by molar-refractivity contribution is 9.10. The van der Waals surface area contributed by atoms with Crippen molar-refractivity contribution < 1.29 is 4.74 Å². The molecule has 0 fully saturated rings. The van der Waals surface area contributed by atoms with Crippen LogP contribution in [0.1, 0.15) is 5.56 Å². The van der Waals surface area contributed by atoms with E-state index in [1.165, 1.54) is 4.68 Å². The van der Waals surface area contributed by atoms with Gasteiger partial charge in [0.15, 0.2) is 0 Å². The van der Waals surface area contributed by atoms with Crippen molar-refractivity contribution in [2.45, 2.75) is 6.54 Å². The van der Waals surface area contributed by atoms with Crippen LogP contribution in [0.3, 0.4) is 0 Å². The SMILES string of the molecule is COc1ccc2c(c1)c1cnn(Cc3cccc(Br)c3)c(=O)c1n2C. The summed E-state index contributed by atoms with van der Waals surface area (Å²) in [4.78, 5) is 13.0. The summed E-state index contributed by atoms with van der Waals surface area (Å²) >= 11 is 3.46. The number of aryl methyl sites for hydroxylation is 1. The molecule has 126 valence electrons. The van der Waals surface area contributed by atoms with E-state index in [1.807, 2.05) is 54.1 Å². The number of fused-ring (bicyclic) bond motifs is 3. The zero-order chi connectivity index (χ0) is 17.6. The maximum Gasteiger partial charge on any atom is 0.291 e. The smallest absolute Gasteiger partial charge is 0.291 e. The Morgan fingerprint density at radius 2 is 2.00 bits per heavy atom. The third-order valence-electron chi connectivity index (χ3n) is 4.43. The zero-order valence-electron chi connectivity index (χ0n) is 13.9. The van der Waals surface area contributed by atoms with E-state index in [1.54, 1.807) is 13.3 Å². The van der Waals surface area contributed by atoms with Crippen LogP contribution in [0.5, 0.6) is 5.75 Å². The molecule has 0 atom stereocenters. The maximum atomic E-state index is 13.0. The van der Waals surface area contributed by atoms with Gasteiger partial charge in [-0.3, -0.25) is 4.79 Å². The Kier molecular flexibility index (Phi) is 3.84. The van der Waals surface area contributed by atoms with Crippen LogP contribution in [0, 0.1) is 0 Å². The van der Waals surface area contributed by atoms with Crippen molar-refractivity contribution in [1.82, 2.24) is 14.3 Å². The van der Waals surface area contributed by atoms with E-state index in [4.69, 9.17) is 4.74 Å². The molecule has 0 amide bonds. The van der Waals surface area contributed by atoms with Gasteiger partial charge >= 0.3 is 0 Å². The van der Waals surface area contributed by atoms with Gasteiger partial charge in [0.25, 0.3) is 5.56 Å². The normalized spacial score (nSPS) is 11.3. The summed E-state index contributed by atoms with van der Waals surface area (Å²) in [5.41, 5.74) is 2.54. The average Bonchev–Trinajstić information content (AvgIpc) is 2.90. The molecule has 4 aromatic rings. The lowest BCUT2D eigenvalue weighted by Gasteiger charge is -2.06. The number of benzene rings is 2. The summed E-state index contributed by atoms with van der Waals surface area (Å²) < 4.78 is 9.71. The van der Waals surface area contributed by atoms with E-state index >= 15 is 0 Å². The van der Waals surface area contributed by atoms with E-state index in [0.29, 0.717) is 12.1 Å². The molecule has 25 heavy (non-hydrogen) atoms. The molecule has 0 aliphatic carbocycles. The van der Waals surface area contributed by atoms with Gasteiger partial charge in [0.1, 0.15) is 11.3 Å². The third kappa shape index (κ3) is 2.62. The fourth-order valence-corrected chi connectivity index (χ4v) is 3.64. The van der Waals surface area contributed by atoms with Crippen molar-refractivity contribution in [2.75, 3.05) is 7.11 Å². The maximum absolute atomic E-state index is 13.0. The molecule has 6 heteroatoms. The summed E-state index contributed by atoms with van der Waals surface area (Å²) in [5.74, 6) is 0.762. The fourth-order valence-electron chi connectivity index (χ4n) is 3.19. The van der Waals surface area contributed by atoms with Gasteiger partial charge in [-0.1, -0.05) is 28.1 Å². The van der Waals surface area contributed by atoms with Crippen molar-refractivity contribution in [3.05, 3.63) is 69.1 Å². The molecule has 2 aromatic heterocycles. The Morgan fingerprint density at radius 1 is 1.16 bits per heavy atom. The topological polar surface area (TPSA) is 49.1 Å². The predicted octanol–water partition coefficient (Wildman–Crippen LogP) is 3.71. The van der Waals surface area contributed by atoms with E-state index < -0.39 is 0 Å². The number of methoxy groups -OCH3 is 1. The van der Waals surface area contributed by atoms with Crippen LogP contribution in [-0.4, -0.2) is 21.5 Å². The molecule has 2 aromatic carbocycles. The lowest BCUT2D eigenvalue weighted by Crippen LogP contribution is -2.24. The van der Waals surface area contributed by atoms with Crippen molar-refractivity contribution in [3.8, 4) is 5.75 Å². The van der Waals surface area contributed by atoms with Crippen molar-refractivity contribution in [2.24, 2.45) is 7.05 Å². The van der Waals surface area contributed by atoms with Crippen molar-refractivity contribution in [3.63, 3.8) is 0 Å². The lowest BCUT2D eigenvalue weighted by atomic mass is 10.2. The van der Waals surface area contributed by atoms with Gasteiger partial charge in [0.05, 0.1) is 19.9 Å². The largest absolute Gasteiger partial charge is 0.497 e. The van der Waals surface area contributed by atoms with Gasteiger partial charge in [-0.15, -0.1) is 0 Å². The first kappa shape index (κ1) is 15.9. The molecule has 0 spiro atoms. The molecule has 0 aliphatic heterocycles. The summed E-state index contributed by atoms with van der Waals surface area (Å²) in [5, 5.41) is 6.19. The average molecular weight is 398 g/mol. The number of halogens is 1. The fraction of sp³-hybridized carbons (Fsp3) is 0.158. The van der Waals surface area contributed by atoms with Crippen LogP contribution < -0.4 is 10.3 Å². The van der Waals surface area contributed by atoms with Gasteiger partial charge in [0.2, 0.25) is 0 Å². The van der Waals surface area contributed by atoms with Gasteiger partial charge in [-0.05, 0) is 35.9 Å². The molecule has 0 N–H and O–H groups in total. The zero-order valence-corrected chi connectivity index (χ0v) is 15.4. The van der Waals surface area contributed by atoms with Gasteiger partial charge in [-0.25, -0.2) is 4.68 Å². The highest BCUT2D eigenvalue weighted by Crippen LogP contribution is 2.28. The van der Waals surface area contributed by atoms with Crippen LogP contribution in [0.4, 0.5) is 0 Å².